The first-order valence-electron chi connectivity index (χ1n) is 2.74. The Balaban J connectivity index is 3.72. The van der Waals surface area contributed by atoms with Crippen LogP contribution in [0.15, 0.2) is 0 Å². The van der Waals surface area contributed by atoms with Crippen molar-refractivity contribution in [3.05, 3.63) is 0 Å². The minimum Gasteiger partial charge on any atom is -0.381 e. The molecule has 0 bridgehead atoms. The summed E-state index contributed by atoms with van der Waals surface area (Å²) in [7, 11) is 0. The molecular formula is C5H11NO3. The lowest BCUT2D eigenvalue weighted by molar-refractivity contribution is -0.132. The maximum absolute atomic E-state index is 10.5. The third-order valence-electron chi connectivity index (χ3n) is 1.00. The van der Waals surface area contributed by atoms with Gasteiger partial charge in [0.2, 0.25) is 0 Å². The van der Waals surface area contributed by atoms with Crippen LogP contribution < -0.4 is 5.73 Å². The summed E-state index contributed by atoms with van der Waals surface area (Å²) in [4.78, 5) is 10.5. The molecule has 0 aliphatic heterocycles. The highest BCUT2D eigenvalue weighted by molar-refractivity contribution is 5.82. The zero-order valence-corrected chi connectivity index (χ0v) is 5.24. The molecule has 0 saturated carbocycles. The van der Waals surface area contributed by atoms with Crippen LogP contribution in [0, 0.1) is 0 Å². The summed E-state index contributed by atoms with van der Waals surface area (Å²) < 4.78 is 0. The normalized spacial score (nSPS) is 16.9. The molecule has 54 valence electrons. The van der Waals surface area contributed by atoms with Gasteiger partial charge in [-0.2, -0.15) is 0 Å². The van der Waals surface area contributed by atoms with Gasteiger partial charge in [-0.1, -0.05) is 6.92 Å². The van der Waals surface area contributed by atoms with Crippen molar-refractivity contribution < 1.29 is 15.0 Å². The number of hydrogen-bond donors (Lipinski definition) is 3. The van der Waals surface area contributed by atoms with Crippen LogP contribution in [-0.2, 0) is 4.79 Å². The van der Waals surface area contributed by atoms with Crippen LogP contribution in [0.1, 0.15) is 13.3 Å². The van der Waals surface area contributed by atoms with Gasteiger partial charge in [-0.05, 0) is 0 Å². The maximum atomic E-state index is 10.5. The zero-order chi connectivity index (χ0) is 7.44. The Labute approximate surface area is 53.3 Å². The van der Waals surface area contributed by atoms with Crippen molar-refractivity contribution in [2.24, 2.45) is 5.73 Å². The second kappa shape index (κ2) is 3.55. The molecule has 0 aromatic carbocycles. The van der Waals surface area contributed by atoms with Crippen LogP contribution in [-0.4, -0.2) is 28.3 Å². The second-order valence-electron chi connectivity index (χ2n) is 1.76. The van der Waals surface area contributed by atoms with Gasteiger partial charge in [-0.3, -0.25) is 4.79 Å². The number of hydrogen-bond acceptors (Lipinski definition) is 4. The van der Waals surface area contributed by atoms with Crippen molar-refractivity contribution in [3.8, 4) is 0 Å². The molecule has 0 heterocycles. The van der Waals surface area contributed by atoms with E-state index < -0.39 is 18.1 Å². The molecule has 4 N–H and O–H groups in total. The molecule has 0 aliphatic rings. The van der Waals surface area contributed by atoms with Crippen LogP contribution in [0.3, 0.4) is 0 Å². The van der Waals surface area contributed by atoms with Crippen LogP contribution >= 0.6 is 0 Å². The van der Waals surface area contributed by atoms with E-state index in [1.807, 2.05) is 0 Å². The van der Waals surface area contributed by atoms with E-state index in [9.17, 15) is 4.79 Å². The number of ketones is 1. The number of carbonyl (C=O) groups excluding carboxylic acids is 1. The van der Waals surface area contributed by atoms with Crippen molar-refractivity contribution in [2.45, 2.75) is 25.7 Å². The van der Waals surface area contributed by atoms with Crippen molar-refractivity contribution in [2.75, 3.05) is 0 Å². The molecule has 9 heavy (non-hydrogen) atoms. The largest absolute Gasteiger partial charge is 0.381 e. The van der Waals surface area contributed by atoms with Crippen LogP contribution in [0.5, 0.6) is 0 Å². The average molecular weight is 133 g/mol. The molecule has 2 unspecified atom stereocenters. The summed E-state index contributed by atoms with van der Waals surface area (Å²) in [6.45, 7) is 1.59. The predicted octanol–water partition coefficient (Wildman–Crippen LogP) is -1.40. The topological polar surface area (TPSA) is 83.5 Å². The molecule has 0 aliphatic carbocycles. The number of carbonyl (C=O) groups is 1. The molecular weight excluding hydrogens is 122 g/mol. The molecule has 4 heteroatoms. The Kier molecular flexibility index (Phi) is 3.37. The van der Waals surface area contributed by atoms with Crippen LogP contribution in [0.4, 0.5) is 0 Å². The minimum atomic E-state index is -1.45. The summed E-state index contributed by atoms with van der Waals surface area (Å²) >= 11 is 0. The second-order valence-corrected chi connectivity index (χ2v) is 1.76. The molecule has 0 radical (unpaired) electrons. The van der Waals surface area contributed by atoms with E-state index in [0.29, 0.717) is 0 Å². The molecule has 0 aromatic heterocycles. The molecule has 4 nitrogen and oxygen atoms in total. The van der Waals surface area contributed by atoms with Crippen molar-refractivity contribution in [1.82, 2.24) is 0 Å². The monoisotopic (exact) mass is 133 g/mol. The lowest BCUT2D eigenvalue weighted by Crippen LogP contribution is -2.39. The maximum Gasteiger partial charge on any atom is 0.165 e. The third-order valence-corrected chi connectivity index (χ3v) is 1.00. The Bertz CT molecular complexity index is 102. The van der Waals surface area contributed by atoms with E-state index in [4.69, 9.17) is 15.9 Å². The number of nitrogens with two attached hydrogens (primary N) is 1. The standard InChI is InChI=1S/C5H11NO3/c1-2-3(7)4(8)5(6)9/h4-5,8-9H,2,6H2,1H3. The van der Waals surface area contributed by atoms with E-state index in [0.717, 1.165) is 0 Å². The lowest BCUT2D eigenvalue weighted by atomic mass is 10.2. The number of Topliss-reactive ketones (excluding diaryl/α,β-unsaturated/α-hetero) is 1. The fourth-order valence-electron chi connectivity index (χ4n) is 0.400. The van der Waals surface area contributed by atoms with Crippen LogP contribution in [0.25, 0.3) is 0 Å². The van der Waals surface area contributed by atoms with Crippen LogP contribution in [0.2, 0.25) is 0 Å². The number of aliphatic hydroxyl groups excluding tert-OH is 2. The van der Waals surface area contributed by atoms with E-state index in [-0.39, 0.29) is 6.42 Å². The number of rotatable bonds is 3. The summed E-state index contributed by atoms with van der Waals surface area (Å²) in [6.07, 6.45) is -2.68. The quantitative estimate of drug-likeness (QED) is 0.413. The highest BCUT2D eigenvalue weighted by atomic mass is 16.3. The highest BCUT2D eigenvalue weighted by Crippen LogP contribution is 1.91. The van der Waals surface area contributed by atoms with Gasteiger partial charge in [0.25, 0.3) is 0 Å². The van der Waals surface area contributed by atoms with Gasteiger partial charge in [-0.15, -0.1) is 0 Å². The molecule has 0 rings (SSSR count). The molecule has 0 spiro atoms. The Morgan fingerprint density at radius 2 is 2.11 bits per heavy atom. The van der Waals surface area contributed by atoms with Crippen molar-refractivity contribution in [3.63, 3.8) is 0 Å². The fourth-order valence-corrected chi connectivity index (χ4v) is 0.400. The van der Waals surface area contributed by atoms with Crippen molar-refractivity contribution >= 4 is 5.78 Å². The summed E-state index contributed by atoms with van der Waals surface area (Å²) in [5, 5.41) is 17.1. The Hall–Kier alpha value is -0.450. The zero-order valence-electron chi connectivity index (χ0n) is 5.24. The third kappa shape index (κ3) is 2.55. The number of aliphatic hydroxyl groups is 2. The predicted molar refractivity (Wildman–Crippen MR) is 31.5 cm³/mol. The summed E-state index contributed by atoms with van der Waals surface area (Å²) in [5.41, 5.74) is 4.80. The summed E-state index contributed by atoms with van der Waals surface area (Å²) in [6, 6.07) is 0. The van der Waals surface area contributed by atoms with E-state index >= 15 is 0 Å². The van der Waals surface area contributed by atoms with Gasteiger partial charge < -0.3 is 15.9 Å². The molecule has 0 aromatic rings. The SMILES string of the molecule is CCC(=O)C(O)C(N)O. The van der Waals surface area contributed by atoms with Crippen molar-refractivity contribution in [1.29, 1.82) is 0 Å². The van der Waals surface area contributed by atoms with Gasteiger partial charge in [-0.25, -0.2) is 0 Å². The fraction of sp³-hybridized carbons (Fsp3) is 0.800. The minimum absolute atomic E-state index is 0.190. The van der Waals surface area contributed by atoms with Gasteiger partial charge in [0.15, 0.2) is 11.9 Å². The first-order chi connectivity index (χ1) is 4.09. The smallest absolute Gasteiger partial charge is 0.165 e. The first-order valence-corrected chi connectivity index (χ1v) is 2.74. The van der Waals surface area contributed by atoms with Gasteiger partial charge in [0, 0.05) is 6.42 Å². The van der Waals surface area contributed by atoms with E-state index in [1.165, 1.54) is 0 Å². The average Bonchev–Trinajstić information content (AvgIpc) is 1.84. The Morgan fingerprint density at radius 3 is 2.22 bits per heavy atom. The van der Waals surface area contributed by atoms with Gasteiger partial charge in [0.1, 0.15) is 6.23 Å². The lowest BCUT2D eigenvalue weighted by Gasteiger charge is -2.09. The van der Waals surface area contributed by atoms with Gasteiger partial charge >= 0.3 is 0 Å². The van der Waals surface area contributed by atoms with Gasteiger partial charge in [0.05, 0.1) is 0 Å². The van der Waals surface area contributed by atoms with E-state index in [1.54, 1.807) is 6.92 Å². The highest BCUT2D eigenvalue weighted by Gasteiger charge is 2.17. The van der Waals surface area contributed by atoms with E-state index in [2.05, 4.69) is 0 Å². The molecule has 0 saturated heterocycles. The first kappa shape index (κ1) is 8.55. The molecule has 2 atom stereocenters. The molecule has 0 fully saturated rings. The summed E-state index contributed by atoms with van der Waals surface area (Å²) in [5.74, 6) is -0.440. The Morgan fingerprint density at radius 1 is 1.67 bits per heavy atom. The molecule has 0 amide bonds.